The van der Waals surface area contributed by atoms with E-state index in [0.717, 1.165) is 25.2 Å². The van der Waals surface area contributed by atoms with Crippen LogP contribution in [0.15, 0.2) is 11.6 Å². The first kappa shape index (κ1) is 15.9. The third-order valence-corrected chi connectivity index (χ3v) is 8.90. The lowest BCUT2D eigenvalue weighted by Gasteiger charge is -2.62. The van der Waals surface area contributed by atoms with Crippen LogP contribution in [0.2, 0.25) is 0 Å². The Balaban J connectivity index is 1.76. The predicted molar refractivity (Wildman–Crippen MR) is 91.9 cm³/mol. The van der Waals surface area contributed by atoms with Crippen molar-refractivity contribution in [1.82, 2.24) is 0 Å². The Bertz CT molecular complexity index is 574. The van der Waals surface area contributed by atoms with Gasteiger partial charge in [-0.05, 0) is 78.6 Å². The average Bonchev–Trinajstić information content (AvgIpc) is 2.76. The number of hydrogen-bond acceptors (Lipinski definition) is 2. The quantitative estimate of drug-likeness (QED) is 0.713. The summed E-state index contributed by atoms with van der Waals surface area (Å²) in [6.07, 6.45) is 9.49. The van der Waals surface area contributed by atoms with Gasteiger partial charge in [0.05, 0.1) is 6.10 Å². The maximum atomic E-state index is 12.2. The Hall–Kier alpha value is -0.630. The molecule has 0 aromatic carbocycles. The lowest BCUT2D eigenvalue weighted by Crippen LogP contribution is -2.56. The summed E-state index contributed by atoms with van der Waals surface area (Å²) in [7, 11) is 0. The standard InChI is InChI=1S/C21H32O2/c1-19(2)12-14(22)11-13-5-6-15-16-7-8-18(23)20(16,3)10-9-17(15)21(13,19)4/h11,15-18,23H,5-10,12H2,1-4H3/t15-,16-,17-,18-,20-,21-/m0/s1. The van der Waals surface area contributed by atoms with E-state index in [1.54, 1.807) is 0 Å². The zero-order chi connectivity index (χ0) is 16.6. The Labute approximate surface area is 140 Å². The number of ketones is 1. The van der Waals surface area contributed by atoms with Gasteiger partial charge in [0.25, 0.3) is 0 Å². The van der Waals surface area contributed by atoms with Gasteiger partial charge >= 0.3 is 0 Å². The maximum absolute atomic E-state index is 12.2. The van der Waals surface area contributed by atoms with E-state index in [2.05, 4.69) is 27.7 Å². The van der Waals surface area contributed by atoms with Crippen molar-refractivity contribution in [2.45, 2.75) is 78.7 Å². The molecule has 3 fully saturated rings. The van der Waals surface area contributed by atoms with Crippen LogP contribution in [0, 0.1) is 34.0 Å². The largest absolute Gasteiger partial charge is 0.393 e. The fourth-order valence-electron chi connectivity index (χ4n) is 7.22. The summed E-state index contributed by atoms with van der Waals surface area (Å²) in [6.45, 7) is 9.43. The zero-order valence-electron chi connectivity index (χ0n) is 15.2. The van der Waals surface area contributed by atoms with Crippen LogP contribution in [-0.2, 0) is 4.79 Å². The van der Waals surface area contributed by atoms with E-state index in [4.69, 9.17) is 0 Å². The molecule has 4 aliphatic rings. The first-order chi connectivity index (χ1) is 10.7. The van der Waals surface area contributed by atoms with Crippen LogP contribution in [0.5, 0.6) is 0 Å². The minimum atomic E-state index is -0.0980. The van der Waals surface area contributed by atoms with Crippen molar-refractivity contribution >= 4 is 5.78 Å². The molecule has 0 unspecified atom stereocenters. The minimum Gasteiger partial charge on any atom is -0.393 e. The number of hydrogen-bond donors (Lipinski definition) is 1. The van der Waals surface area contributed by atoms with E-state index in [1.165, 1.54) is 24.8 Å². The van der Waals surface area contributed by atoms with Gasteiger partial charge < -0.3 is 5.11 Å². The van der Waals surface area contributed by atoms with Crippen LogP contribution in [0.25, 0.3) is 0 Å². The van der Waals surface area contributed by atoms with Crippen LogP contribution in [-0.4, -0.2) is 17.0 Å². The van der Waals surface area contributed by atoms with E-state index < -0.39 is 0 Å². The van der Waals surface area contributed by atoms with Crippen LogP contribution < -0.4 is 0 Å². The van der Waals surface area contributed by atoms with Crippen LogP contribution >= 0.6 is 0 Å². The van der Waals surface area contributed by atoms with Crippen molar-refractivity contribution in [3.8, 4) is 0 Å². The highest BCUT2D eigenvalue weighted by atomic mass is 16.3. The molecule has 1 N–H and O–H groups in total. The van der Waals surface area contributed by atoms with E-state index >= 15 is 0 Å². The van der Waals surface area contributed by atoms with Gasteiger partial charge in [0.2, 0.25) is 0 Å². The van der Waals surface area contributed by atoms with Crippen LogP contribution in [0.4, 0.5) is 0 Å². The van der Waals surface area contributed by atoms with Crippen molar-refractivity contribution < 1.29 is 9.90 Å². The van der Waals surface area contributed by atoms with E-state index in [-0.39, 0.29) is 22.3 Å². The summed E-state index contributed by atoms with van der Waals surface area (Å²) in [4.78, 5) is 12.2. The Morgan fingerprint density at radius 2 is 1.78 bits per heavy atom. The van der Waals surface area contributed by atoms with Crippen LogP contribution in [0.1, 0.15) is 72.6 Å². The molecule has 0 aliphatic heterocycles. The van der Waals surface area contributed by atoms with Crippen molar-refractivity contribution in [2.75, 3.05) is 0 Å². The molecule has 0 saturated heterocycles. The molecule has 4 rings (SSSR count). The molecular formula is C21H32O2. The highest BCUT2D eigenvalue weighted by Crippen LogP contribution is 2.68. The van der Waals surface area contributed by atoms with Gasteiger partial charge in [-0.2, -0.15) is 0 Å². The summed E-state index contributed by atoms with van der Waals surface area (Å²) < 4.78 is 0. The second-order valence-electron chi connectivity index (χ2n) is 9.95. The minimum absolute atomic E-state index is 0.0580. The Morgan fingerprint density at radius 3 is 2.52 bits per heavy atom. The first-order valence-electron chi connectivity index (χ1n) is 9.62. The highest BCUT2D eigenvalue weighted by Gasteiger charge is 2.62. The molecule has 0 radical (unpaired) electrons. The molecule has 0 aromatic heterocycles. The molecule has 0 bridgehead atoms. The first-order valence-corrected chi connectivity index (χ1v) is 9.62. The second-order valence-corrected chi connectivity index (χ2v) is 9.95. The van der Waals surface area contributed by atoms with Gasteiger partial charge in [0.1, 0.15) is 0 Å². The van der Waals surface area contributed by atoms with Gasteiger partial charge in [-0.25, -0.2) is 0 Å². The second kappa shape index (κ2) is 4.71. The number of rotatable bonds is 0. The van der Waals surface area contributed by atoms with Gasteiger partial charge in [-0.15, -0.1) is 0 Å². The smallest absolute Gasteiger partial charge is 0.156 e. The van der Waals surface area contributed by atoms with Crippen molar-refractivity contribution in [3.63, 3.8) is 0 Å². The molecule has 23 heavy (non-hydrogen) atoms. The summed E-state index contributed by atoms with van der Waals surface area (Å²) >= 11 is 0. The number of aliphatic hydroxyl groups is 1. The number of allylic oxidation sites excluding steroid dienone is 1. The van der Waals surface area contributed by atoms with E-state index in [0.29, 0.717) is 24.0 Å². The van der Waals surface area contributed by atoms with E-state index in [1.807, 2.05) is 6.08 Å². The summed E-state index contributed by atoms with van der Waals surface area (Å²) in [5, 5.41) is 10.6. The molecule has 2 nitrogen and oxygen atoms in total. The van der Waals surface area contributed by atoms with Gasteiger partial charge in [0, 0.05) is 6.42 Å². The van der Waals surface area contributed by atoms with Crippen molar-refractivity contribution in [3.05, 3.63) is 11.6 Å². The van der Waals surface area contributed by atoms with Gasteiger partial charge in [-0.1, -0.05) is 33.3 Å². The molecular weight excluding hydrogens is 284 g/mol. The molecule has 0 spiro atoms. The third kappa shape index (κ3) is 1.88. The topological polar surface area (TPSA) is 37.3 Å². The number of fused-ring (bicyclic) bond motifs is 5. The SMILES string of the molecule is CC1(C)CC(=O)C=C2CC[C@H]3[C@@H]4CC[C@H](O)[C@@]4(C)CC[C@@H]3[C@]21C. The summed E-state index contributed by atoms with van der Waals surface area (Å²) in [5.41, 5.74) is 1.80. The molecule has 3 saturated carbocycles. The Morgan fingerprint density at radius 1 is 1.04 bits per heavy atom. The summed E-state index contributed by atoms with van der Waals surface area (Å²) in [6, 6.07) is 0. The highest BCUT2D eigenvalue weighted by molar-refractivity contribution is 5.92. The maximum Gasteiger partial charge on any atom is 0.156 e. The number of carbonyl (C=O) groups is 1. The fourth-order valence-corrected chi connectivity index (χ4v) is 7.22. The predicted octanol–water partition coefficient (Wildman–Crippen LogP) is 4.52. The molecule has 0 amide bonds. The molecule has 128 valence electrons. The molecule has 2 heteroatoms. The number of aliphatic hydroxyl groups excluding tert-OH is 1. The van der Waals surface area contributed by atoms with E-state index in [9.17, 15) is 9.90 Å². The molecule has 0 aromatic rings. The monoisotopic (exact) mass is 316 g/mol. The van der Waals surface area contributed by atoms with Crippen molar-refractivity contribution in [2.24, 2.45) is 34.0 Å². The third-order valence-electron chi connectivity index (χ3n) is 8.90. The molecule has 0 heterocycles. The van der Waals surface area contributed by atoms with Gasteiger partial charge in [-0.3, -0.25) is 4.79 Å². The fraction of sp³-hybridized carbons (Fsp3) is 0.857. The summed E-state index contributed by atoms with van der Waals surface area (Å²) in [5.74, 6) is 2.44. The van der Waals surface area contributed by atoms with Crippen LogP contribution in [0.3, 0.4) is 0 Å². The van der Waals surface area contributed by atoms with Gasteiger partial charge in [0.15, 0.2) is 5.78 Å². The normalized spacial score (nSPS) is 51.5. The van der Waals surface area contributed by atoms with Crippen molar-refractivity contribution in [1.29, 1.82) is 0 Å². The lowest BCUT2D eigenvalue weighted by atomic mass is 9.42. The molecule has 6 atom stereocenters. The lowest BCUT2D eigenvalue weighted by molar-refractivity contribution is -0.129. The zero-order valence-corrected chi connectivity index (χ0v) is 15.2. The molecule has 4 aliphatic carbocycles. The Kier molecular flexibility index (Phi) is 3.25. The number of carbonyl (C=O) groups excluding carboxylic acids is 1. The average molecular weight is 316 g/mol.